The fraction of sp³-hybridized carbons (Fsp3) is 0.467. The van der Waals surface area contributed by atoms with Gasteiger partial charge in [-0.2, -0.15) is 0 Å². The zero-order valence-corrected chi connectivity index (χ0v) is 13.6. The minimum Gasteiger partial charge on any atom is -0.478 e. The van der Waals surface area contributed by atoms with E-state index in [0.717, 1.165) is 12.8 Å². The Balaban J connectivity index is 1.99. The second-order valence-electron chi connectivity index (χ2n) is 5.78. The first-order valence-corrected chi connectivity index (χ1v) is 7.56. The third-order valence-corrected chi connectivity index (χ3v) is 3.91. The first-order chi connectivity index (χ1) is 9.77. The fourth-order valence-electron chi connectivity index (χ4n) is 2.37. The third kappa shape index (κ3) is 4.28. The van der Waals surface area contributed by atoms with Crippen LogP contribution in [0.25, 0.3) is 0 Å². The van der Waals surface area contributed by atoms with Crippen LogP contribution < -0.4 is 5.32 Å². The Morgan fingerprint density at radius 3 is 2.62 bits per heavy atom. The van der Waals surface area contributed by atoms with E-state index in [0.29, 0.717) is 16.6 Å². The van der Waals surface area contributed by atoms with E-state index in [1.54, 1.807) is 6.07 Å². The monoisotopic (exact) mass is 355 g/mol. The molecule has 1 aliphatic heterocycles. The van der Waals surface area contributed by atoms with Crippen LogP contribution in [0.4, 0.5) is 0 Å². The number of rotatable bonds is 4. The maximum atomic E-state index is 12.1. The molecule has 1 aliphatic rings. The molecular weight excluding hydrogens is 338 g/mol. The maximum Gasteiger partial charge on any atom is 0.335 e. The number of ether oxygens (including phenoxy) is 1. The van der Waals surface area contributed by atoms with E-state index < -0.39 is 5.97 Å². The van der Waals surface area contributed by atoms with Crippen molar-refractivity contribution in [3.63, 3.8) is 0 Å². The first kappa shape index (κ1) is 16.0. The lowest BCUT2D eigenvalue weighted by atomic mass is 10.1. The van der Waals surface area contributed by atoms with Gasteiger partial charge in [0.25, 0.3) is 5.91 Å². The van der Waals surface area contributed by atoms with Crippen LogP contribution in [0.5, 0.6) is 0 Å². The lowest BCUT2D eigenvalue weighted by molar-refractivity contribution is -0.0138. The Bertz CT molecular complexity index is 571. The summed E-state index contributed by atoms with van der Waals surface area (Å²) in [6, 6.07) is 4.42. The number of halogens is 1. The van der Waals surface area contributed by atoms with E-state index in [4.69, 9.17) is 9.84 Å². The summed E-state index contributed by atoms with van der Waals surface area (Å²) in [5.41, 5.74) is 0.258. The van der Waals surface area contributed by atoms with Crippen molar-refractivity contribution >= 4 is 27.8 Å². The number of hydrogen-bond acceptors (Lipinski definition) is 3. The lowest BCUT2D eigenvalue weighted by Gasteiger charge is -2.19. The molecule has 1 saturated heterocycles. The number of carbonyl (C=O) groups is 2. The molecule has 0 radical (unpaired) electrons. The van der Waals surface area contributed by atoms with Crippen LogP contribution in [-0.2, 0) is 4.74 Å². The number of amides is 1. The number of aromatic carboxylic acids is 1. The summed E-state index contributed by atoms with van der Waals surface area (Å²) in [6.45, 7) is 4.49. The minimum atomic E-state index is -1.06. The molecule has 1 unspecified atom stereocenters. The topological polar surface area (TPSA) is 75.6 Å². The zero-order chi connectivity index (χ0) is 15.6. The Labute approximate surface area is 131 Å². The molecule has 0 aromatic heterocycles. The Kier molecular flexibility index (Phi) is 4.68. The molecule has 6 heteroatoms. The summed E-state index contributed by atoms with van der Waals surface area (Å²) in [5, 5.41) is 11.8. The van der Waals surface area contributed by atoms with Crippen LogP contribution in [-0.4, -0.2) is 35.2 Å². The van der Waals surface area contributed by atoms with Gasteiger partial charge in [0.15, 0.2) is 0 Å². The van der Waals surface area contributed by atoms with E-state index in [1.165, 1.54) is 12.1 Å². The zero-order valence-electron chi connectivity index (χ0n) is 12.0. The van der Waals surface area contributed by atoms with E-state index in [2.05, 4.69) is 21.2 Å². The van der Waals surface area contributed by atoms with Gasteiger partial charge in [-0.05, 0) is 44.9 Å². The minimum absolute atomic E-state index is 0.00930. The van der Waals surface area contributed by atoms with Gasteiger partial charge in [0.2, 0.25) is 0 Å². The van der Waals surface area contributed by atoms with E-state index in [1.807, 2.05) is 13.8 Å². The highest BCUT2D eigenvalue weighted by Gasteiger charge is 2.31. The van der Waals surface area contributed by atoms with Gasteiger partial charge >= 0.3 is 5.97 Å². The smallest absolute Gasteiger partial charge is 0.335 e. The van der Waals surface area contributed by atoms with Gasteiger partial charge in [0, 0.05) is 16.6 Å². The molecule has 0 spiro atoms. The van der Waals surface area contributed by atoms with E-state index >= 15 is 0 Å². The Morgan fingerprint density at radius 2 is 2.05 bits per heavy atom. The van der Waals surface area contributed by atoms with Crippen LogP contribution in [0, 0.1) is 0 Å². The molecule has 2 N–H and O–H groups in total. The largest absolute Gasteiger partial charge is 0.478 e. The summed E-state index contributed by atoms with van der Waals surface area (Å²) >= 11 is 3.21. The molecule has 5 nitrogen and oxygen atoms in total. The predicted molar refractivity (Wildman–Crippen MR) is 81.6 cm³/mol. The van der Waals surface area contributed by atoms with Gasteiger partial charge in [0.1, 0.15) is 0 Å². The van der Waals surface area contributed by atoms with Gasteiger partial charge in [-0.15, -0.1) is 0 Å². The fourth-order valence-corrected chi connectivity index (χ4v) is 2.87. The van der Waals surface area contributed by atoms with E-state index in [-0.39, 0.29) is 23.2 Å². The number of carbonyl (C=O) groups excluding carboxylic acids is 1. The van der Waals surface area contributed by atoms with E-state index in [9.17, 15) is 9.59 Å². The molecule has 1 atom stereocenters. The highest BCUT2D eigenvalue weighted by atomic mass is 79.9. The van der Waals surface area contributed by atoms with Gasteiger partial charge in [-0.25, -0.2) is 4.79 Å². The first-order valence-electron chi connectivity index (χ1n) is 6.77. The average molecular weight is 356 g/mol. The second kappa shape index (κ2) is 6.15. The molecule has 1 aromatic carbocycles. The second-order valence-corrected chi connectivity index (χ2v) is 6.70. The molecular formula is C15H18BrNO4. The Morgan fingerprint density at radius 1 is 1.38 bits per heavy atom. The number of hydrogen-bond donors (Lipinski definition) is 2. The number of carboxylic acids is 1. The summed E-state index contributed by atoms with van der Waals surface area (Å²) in [7, 11) is 0. The van der Waals surface area contributed by atoms with Crippen LogP contribution in [0.15, 0.2) is 22.7 Å². The maximum absolute atomic E-state index is 12.1. The summed E-state index contributed by atoms with van der Waals surface area (Å²) < 4.78 is 6.36. The average Bonchev–Trinajstić information content (AvgIpc) is 2.74. The number of carboxylic acid groups (broad SMARTS) is 1. The quantitative estimate of drug-likeness (QED) is 0.870. The van der Waals surface area contributed by atoms with Crippen molar-refractivity contribution in [3.05, 3.63) is 33.8 Å². The van der Waals surface area contributed by atoms with Crippen molar-refractivity contribution < 1.29 is 19.4 Å². The van der Waals surface area contributed by atoms with Crippen molar-refractivity contribution in [2.75, 3.05) is 6.54 Å². The summed E-state index contributed by atoms with van der Waals surface area (Å²) in [6.07, 6.45) is 1.88. The molecule has 2 rings (SSSR count). The number of benzene rings is 1. The van der Waals surface area contributed by atoms with Crippen molar-refractivity contribution in [1.82, 2.24) is 5.32 Å². The predicted octanol–water partition coefficient (Wildman–Crippen LogP) is 2.83. The molecule has 1 aromatic rings. The van der Waals surface area contributed by atoms with Gasteiger partial charge in [-0.1, -0.05) is 15.9 Å². The summed E-state index contributed by atoms with van der Waals surface area (Å²) in [4.78, 5) is 23.1. The molecule has 0 aliphatic carbocycles. The van der Waals surface area contributed by atoms with Crippen molar-refractivity contribution in [3.8, 4) is 0 Å². The van der Waals surface area contributed by atoms with Crippen molar-refractivity contribution in [2.45, 2.75) is 38.4 Å². The molecule has 1 heterocycles. The van der Waals surface area contributed by atoms with Crippen LogP contribution in [0.1, 0.15) is 47.4 Å². The summed E-state index contributed by atoms with van der Waals surface area (Å²) in [5.74, 6) is -1.36. The molecule has 0 bridgehead atoms. The molecule has 114 valence electrons. The molecule has 1 fully saturated rings. The standard InChI is InChI=1S/C15H18BrNO4/c1-15(2)4-3-12(21-15)8-17-13(18)9-5-10(14(19)20)7-11(16)6-9/h5-7,12H,3-4,8H2,1-2H3,(H,17,18)(H,19,20). The van der Waals surface area contributed by atoms with Crippen molar-refractivity contribution in [2.24, 2.45) is 0 Å². The van der Waals surface area contributed by atoms with Crippen LogP contribution >= 0.6 is 15.9 Å². The SMILES string of the molecule is CC1(C)CCC(CNC(=O)c2cc(Br)cc(C(=O)O)c2)O1. The number of nitrogens with one attached hydrogen (secondary N) is 1. The van der Waals surface area contributed by atoms with Gasteiger partial charge in [0.05, 0.1) is 17.3 Å². The molecule has 1 amide bonds. The Hall–Kier alpha value is -1.40. The third-order valence-electron chi connectivity index (χ3n) is 3.45. The molecule has 0 saturated carbocycles. The normalized spacial score (nSPS) is 20.2. The van der Waals surface area contributed by atoms with Crippen molar-refractivity contribution in [1.29, 1.82) is 0 Å². The van der Waals surface area contributed by atoms with Crippen LogP contribution in [0.2, 0.25) is 0 Å². The molecule has 21 heavy (non-hydrogen) atoms. The van der Waals surface area contributed by atoms with Gasteiger partial charge < -0.3 is 15.2 Å². The highest BCUT2D eigenvalue weighted by Crippen LogP contribution is 2.28. The highest BCUT2D eigenvalue weighted by molar-refractivity contribution is 9.10. The van der Waals surface area contributed by atoms with Crippen LogP contribution in [0.3, 0.4) is 0 Å². The lowest BCUT2D eigenvalue weighted by Crippen LogP contribution is -2.33. The van der Waals surface area contributed by atoms with Gasteiger partial charge in [-0.3, -0.25) is 4.79 Å².